The van der Waals surface area contributed by atoms with E-state index in [0.29, 0.717) is 29.2 Å². The van der Waals surface area contributed by atoms with Crippen LogP contribution in [-0.2, 0) is 30.4 Å². The van der Waals surface area contributed by atoms with Crippen LogP contribution in [0.1, 0.15) is 0 Å². The van der Waals surface area contributed by atoms with E-state index in [-0.39, 0.29) is 34.2 Å². The third-order valence-corrected chi connectivity index (χ3v) is 10.6. The zero-order chi connectivity index (χ0) is 42.2. The lowest BCUT2D eigenvalue weighted by Gasteiger charge is -2.14. The smallest absolute Gasteiger partial charge is 0.296 e. The van der Waals surface area contributed by atoms with Crippen molar-refractivity contribution in [1.29, 1.82) is 0 Å². The van der Waals surface area contributed by atoms with E-state index in [0.717, 1.165) is 6.07 Å². The molecule has 0 heterocycles. The van der Waals surface area contributed by atoms with Gasteiger partial charge in [0.25, 0.3) is 30.4 Å². The molecule has 298 valence electrons. The minimum Gasteiger partial charge on any atom is -0.508 e. The van der Waals surface area contributed by atoms with Crippen LogP contribution in [0.15, 0.2) is 142 Å². The summed E-state index contributed by atoms with van der Waals surface area (Å²) in [7, 11) is -15.4. The van der Waals surface area contributed by atoms with Crippen LogP contribution in [0.5, 0.6) is 17.2 Å². The first kappa shape index (κ1) is 40.6. The van der Waals surface area contributed by atoms with Crippen LogP contribution in [0.4, 0.5) is 56.9 Å². The Labute approximate surface area is 327 Å². The van der Waals surface area contributed by atoms with Gasteiger partial charge in [-0.3, -0.25) is 13.7 Å². The number of nitrogen functional groups attached to an aromatic ring is 2. The fraction of sp³-hybridized carbons (Fsp3) is 0. The normalized spacial score (nSPS) is 12.6. The van der Waals surface area contributed by atoms with E-state index in [1.807, 2.05) is 0 Å². The topological polar surface area (TPSA) is 362 Å². The minimum absolute atomic E-state index is 0.0432. The van der Waals surface area contributed by atoms with Crippen molar-refractivity contribution in [1.82, 2.24) is 0 Å². The zero-order valence-electron chi connectivity index (χ0n) is 28.9. The van der Waals surface area contributed by atoms with Gasteiger partial charge in [-0.05, 0) is 96.4 Å². The van der Waals surface area contributed by atoms with Gasteiger partial charge in [0.2, 0.25) is 0 Å². The first-order valence-corrected chi connectivity index (χ1v) is 20.2. The van der Waals surface area contributed by atoms with Gasteiger partial charge < -0.3 is 32.1 Å². The Kier molecular flexibility index (Phi) is 10.8. The van der Waals surface area contributed by atoms with Crippen LogP contribution in [0, 0.1) is 0 Å². The Morgan fingerprint density at radius 2 is 1.00 bits per heavy atom. The van der Waals surface area contributed by atoms with Crippen molar-refractivity contribution in [2.75, 3.05) is 16.8 Å². The van der Waals surface area contributed by atoms with Crippen LogP contribution >= 0.6 is 0 Å². The Morgan fingerprint density at radius 3 is 1.59 bits per heavy atom. The number of nitrogens with zero attached hydrogens (tertiary/aromatic N) is 6. The molecule has 0 saturated heterocycles. The molecule has 0 saturated carbocycles. The lowest BCUT2D eigenvalue weighted by molar-refractivity contribution is 0.472. The highest BCUT2D eigenvalue weighted by molar-refractivity contribution is 7.86. The molecule has 21 nitrogen and oxygen atoms in total. The van der Waals surface area contributed by atoms with Gasteiger partial charge in [0.1, 0.15) is 43.2 Å². The summed E-state index contributed by atoms with van der Waals surface area (Å²) in [5, 5.41) is 55.4. The molecule has 0 radical (unpaired) electrons. The molecule has 11 N–H and O–H groups in total. The molecule has 24 heteroatoms. The molecular weight excluding hydrogens is 823 g/mol. The molecule has 0 bridgehead atoms. The number of phenolic OH excluding ortho intramolecular Hbond substituents is 3. The molecule has 6 aromatic carbocycles. The van der Waals surface area contributed by atoms with Gasteiger partial charge >= 0.3 is 0 Å². The van der Waals surface area contributed by atoms with Crippen LogP contribution in [0.3, 0.4) is 0 Å². The van der Waals surface area contributed by atoms with Crippen molar-refractivity contribution in [2.24, 2.45) is 30.7 Å². The minimum atomic E-state index is -5.23. The molecular formula is C34H27N9O12S3. The van der Waals surface area contributed by atoms with Crippen LogP contribution < -0.4 is 16.8 Å². The van der Waals surface area contributed by atoms with E-state index in [1.54, 1.807) is 0 Å². The number of azo groups is 3. The molecule has 0 fully saturated rings. The highest BCUT2D eigenvalue weighted by atomic mass is 32.2. The summed E-state index contributed by atoms with van der Waals surface area (Å²) >= 11 is 0. The average Bonchev–Trinajstić information content (AvgIpc) is 3.14. The number of benzene rings is 6. The van der Waals surface area contributed by atoms with Gasteiger partial charge in [0.05, 0.1) is 39.5 Å². The Bertz CT molecular complexity index is 3050. The molecule has 0 spiro atoms. The lowest BCUT2D eigenvalue weighted by atomic mass is 10.1. The Balaban J connectivity index is 1.37. The number of hydrogen-bond donors (Lipinski definition) is 9. The molecule has 0 aliphatic heterocycles. The second-order valence-electron chi connectivity index (χ2n) is 11.9. The third kappa shape index (κ3) is 8.96. The maximum atomic E-state index is 12.5. The standard InChI is InChI=1S/C34H27N9O12S3/c35-24-16-23(45)10-12-25(24)41-38-19-3-1-18(2-4-19)37-26-11-7-21(15-27(26)56(47,48)49)40-42-32-28(57(50,51)52)13-17-14-29(58(53,54)55)33(34(46)30(17)31(32)36)43-39-20-5-8-22(44)9-6-20/h1-16,37,44-46H,35-36H2,(H,47,48,49)(H,50,51,52)(H,53,54,55). The number of hydrogen-bond acceptors (Lipinski definition) is 18. The van der Waals surface area contributed by atoms with E-state index < -0.39 is 78.6 Å². The molecule has 6 aromatic rings. The van der Waals surface area contributed by atoms with Crippen molar-refractivity contribution in [3.05, 3.63) is 97.1 Å². The van der Waals surface area contributed by atoms with Crippen molar-refractivity contribution in [2.45, 2.75) is 14.7 Å². The zero-order valence-corrected chi connectivity index (χ0v) is 31.4. The molecule has 0 atom stereocenters. The predicted octanol–water partition coefficient (Wildman–Crippen LogP) is 7.85. The van der Waals surface area contributed by atoms with Crippen molar-refractivity contribution in [3.63, 3.8) is 0 Å². The maximum Gasteiger partial charge on any atom is 0.296 e. The first-order chi connectivity index (χ1) is 27.2. The summed E-state index contributed by atoms with van der Waals surface area (Å²) in [6, 6.07) is 20.0. The van der Waals surface area contributed by atoms with Gasteiger partial charge in [-0.2, -0.15) is 40.6 Å². The van der Waals surface area contributed by atoms with Gasteiger partial charge in [0.15, 0.2) is 5.75 Å². The van der Waals surface area contributed by atoms with Crippen LogP contribution in [0.2, 0.25) is 0 Å². The van der Waals surface area contributed by atoms with Gasteiger partial charge in [-0.15, -0.1) is 15.3 Å². The summed E-state index contributed by atoms with van der Waals surface area (Å²) < 4.78 is 105. The highest BCUT2D eigenvalue weighted by Gasteiger charge is 2.28. The monoisotopic (exact) mass is 849 g/mol. The number of phenols is 3. The van der Waals surface area contributed by atoms with Crippen LogP contribution in [-0.4, -0.2) is 54.2 Å². The molecule has 58 heavy (non-hydrogen) atoms. The van der Waals surface area contributed by atoms with E-state index >= 15 is 0 Å². The molecule has 0 amide bonds. The van der Waals surface area contributed by atoms with Crippen molar-refractivity contribution < 1.29 is 54.2 Å². The highest BCUT2D eigenvalue weighted by Crippen LogP contribution is 2.48. The largest absolute Gasteiger partial charge is 0.508 e. The number of nitrogens with one attached hydrogen (secondary N) is 1. The quantitative estimate of drug-likeness (QED) is 0.0340. The lowest BCUT2D eigenvalue weighted by Crippen LogP contribution is -2.04. The fourth-order valence-electron chi connectivity index (χ4n) is 5.24. The maximum absolute atomic E-state index is 12.5. The first-order valence-electron chi connectivity index (χ1n) is 15.9. The number of anilines is 4. The summed E-state index contributed by atoms with van der Waals surface area (Å²) in [4.78, 5) is -2.77. The molecule has 0 aliphatic rings. The van der Waals surface area contributed by atoms with Gasteiger partial charge in [0, 0.05) is 11.8 Å². The van der Waals surface area contributed by atoms with Crippen LogP contribution in [0.25, 0.3) is 10.8 Å². The van der Waals surface area contributed by atoms with Gasteiger partial charge in [-0.1, -0.05) is 0 Å². The van der Waals surface area contributed by atoms with Crippen molar-refractivity contribution >= 4 is 98.0 Å². The summed E-state index contributed by atoms with van der Waals surface area (Å²) in [6.07, 6.45) is 0. The average molecular weight is 850 g/mol. The summed E-state index contributed by atoms with van der Waals surface area (Å²) in [5.41, 5.74) is 10.6. The van der Waals surface area contributed by atoms with E-state index in [9.17, 15) is 54.2 Å². The molecule has 0 aromatic heterocycles. The fourth-order valence-corrected chi connectivity index (χ4v) is 7.24. The molecule has 0 aliphatic carbocycles. The Hall–Kier alpha value is -7.09. The van der Waals surface area contributed by atoms with Crippen molar-refractivity contribution in [3.8, 4) is 17.2 Å². The Morgan fingerprint density at radius 1 is 0.500 bits per heavy atom. The third-order valence-electron chi connectivity index (χ3n) is 7.92. The van der Waals surface area contributed by atoms with E-state index in [1.165, 1.54) is 78.9 Å². The molecule has 0 unspecified atom stereocenters. The SMILES string of the molecule is Nc1cc(O)ccc1N=Nc1ccc(Nc2ccc(N=Nc3c(S(=O)(=O)O)cc4cc(S(=O)(=O)O)c(N=Nc5ccc(O)cc5)c(O)c4c3N)cc2S(=O)(=O)O)cc1. The number of fused-ring (bicyclic) bond motifs is 1. The second kappa shape index (κ2) is 15.4. The molecule has 6 rings (SSSR count). The number of aromatic hydroxyl groups is 3. The van der Waals surface area contributed by atoms with Gasteiger partial charge in [-0.25, -0.2) is 0 Å². The number of rotatable bonds is 11. The summed E-state index contributed by atoms with van der Waals surface area (Å²) in [5.74, 6) is -1.19. The second-order valence-corrected chi connectivity index (χ2v) is 16.1. The predicted molar refractivity (Wildman–Crippen MR) is 209 cm³/mol. The van der Waals surface area contributed by atoms with E-state index in [4.69, 9.17) is 11.5 Å². The van der Waals surface area contributed by atoms with E-state index in [2.05, 4.69) is 36.0 Å². The number of nitrogens with two attached hydrogens (primary N) is 2. The summed E-state index contributed by atoms with van der Waals surface area (Å²) in [6.45, 7) is 0.